The molecule has 0 radical (unpaired) electrons. The number of halogens is 1. The molecule has 0 saturated heterocycles. The van der Waals surface area contributed by atoms with Crippen molar-refractivity contribution in [2.75, 3.05) is 0 Å². The van der Waals surface area contributed by atoms with Crippen LogP contribution in [0.15, 0.2) is 71.3 Å². The summed E-state index contributed by atoms with van der Waals surface area (Å²) in [6, 6.07) is 20.7. The Kier molecular flexibility index (Phi) is 4.37. The van der Waals surface area contributed by atoms with Crippen molar-refractivity contribution in [1.29, 1.82) is 0 Å². The predicted molar refractivity (Wildman–Crippen MR) is 99.9 cm³/mol. The second kappa shape index (κ2) is 6.98. The second-order valence-corrected chi connectivity index (χ2v) is 6.14. The Hall–Kier alpha value is -3.18. The lowest BCUT2D eigenvalue weighted by atomic mass is 10.1. The normalized spacial score (nSPS) is 10.8. The molecule has 0 aliphatic rings. The van der Waals surface area contributed by atoms with Crippen LogP contribution in [0, 0.1) is 0 Å². The van der Waals surface area contributed by atoms with Crippen LogP contribution in [-0.4, -0.2) is 16.0 Å². The number of carbonyl (C=O) groups excluding carboxylic acids is 1. The van der Waals surface area contributed by atoms with E-state index in [4.69, 9.17) is 16.1 Å². The van der Waals surface area contributed by atoms with Crippen molar-refractivity contribution in [2.24, 2.45) is 0 Å². The van der Waals surface area contributed by atoms with Gasteiger partial charge in [0.25, 0.3) is 5.91 Å². The second-order valence-electron chi connectivity index (χ2n) is 5.74. The Bertz CT molecular complexity index is 1090. The Balaban J connectivity index is 1.47. The summed E-state index contributed by atoms with van der Waals surface area (Å²) < 4.78 is 5.20. The zero-order valence-corrected chi connectivity index (χ0v) is 14.4. The van der Waals surface area contributed by atoms with Gasteiger partial charge in [0, 0.05) is 11.1 Å². The first-order chi connectivity index (χ1) is 12.7. The van der Waals surface area contributed by atoms with E-state index in [1.165, 1.54) is 0 Å². The first-order valence-electron chi connectivity index (χ1n) is 8.05. The molecule has 1 N–H and O–H groups in total. The number of rotatable bonds is 4. The average molecular weight is 364 g/mol. The van der Waals surface area contributed by atoms with E-state index in [9.17, 15) is 4.79 Å². The quantitative estimate of drug-likeness (QED) is 0.580. The van der Waals surface area contributed by atoms with Crippen LogP contribution in [0.25, 0.3) is 22.2 Å². The van der Waals surface area contributed by atoms with Gasteiger partial charge in [-0.1, -0.05) is 59.2 Å². The number of aromatic nitrogens is 2. The lowest BCUT2D eigenvalue weighted by Crippen LogP contribution is -2.22. The molecule has 26 heavy (non-hydrogen) atoms. The van der Waals surface area contributed by atoms with Crippen molar-refractivity contribution in [3.8, 4) is 11.4 Å². The average Bonchev–Trinajstić information content (AvgIpc) is 3.15. The van der Waals surface area contributed by atoms with E-state index in [0.717, 1.165) is 10.8 Å². The first kappa shape index (κ1) is 16.3. The van der Waals surface area contributed by atoms with Gasteiger partial charge in [-0.05, 0) is 35.0 Å². The van der Waals surface area contributed by atoms with Crippen LogP contribution in [-0.2, 0) is 6.54 Å². The van der Waals surface area contributed by atoms with Gasteiger partial charge in [0.1, 0.15) is 0 Å². The molecule has 4 rings (SSSR count). The molecule has 0 atom stereocenters. The minimum absolute atomic E-state index is 0.142. The van der Waals surface area contributed by atoms with Gasteiger partial charge in [0.2, 0.25) is 11.7 Å². The standard InChI is InChI=1S/C20H14ClN3O2/c21-17-8-4-3-7-16(17)19-23-18(26-24-19)12-22-20(25)15-10-9-13-5-1-2-6-14(13)11-15/h1-11H,12H2,(H,22,25). The molecule has 0 saturated carbocycles. The maximum absolute atomic E-state index is 12.4. The monoisotopic (exact) mass is 363 g/mol. The zero-order valence-electron chi connectivity index (χ0n) is 13.6. The summed E-state index contributed by atoms with van der Waals surface area (Å²) in [6.45, 7) is 0.142. The smallest absolute Gasteiger partial charge is 0.251 e. The highest BCUT2D eigenvalue weighted by atomic mass is 35.5. The van der Waals surface area contributed by atoms with Gasteiger partial charge < -0.3 is 9.84 Å². The summed E-state index contributed by atoms with van der Waals surface area (Å²) >= 11 is 6.13. The number of hydrogen-bond donors (Lipinski definition) is 1. The fraction of sp³-hybridized carbons (Fsp3) is 0.0500. The molecule has 1 aromatic heterocycles. The molecular weight excluding hydrogens is 350 g/mol. The minimum Gasteiger partial charge on any atom is -0.343 e. The van der Waals surface area contributed by atoms with Crippen molar-refractivity contribution in [1.82, 2.24) is 15.5 Å². The fourth-order valence-corrected chi connectivity index (χ4v) is 2.89. The molecule has 0 spiro atoms. The van der Waals surface area contributed by atoms with Crippen molar-refractivity contribution in [2.45, 2.75) is 6.54 Å². The molecule has 0 unspecified atom stereocenters. The van der Waals surface area contributed by atoms with Crippen LogP contribution in [0.4, 0.5) is 0 Å². The van der Waals surface area contributed by atoms with Crippen LogP contribution in [0.5, 0.6) is 0 Å². The first-order valence-corrected chi connectivity index (χ1v) is 8.43. The number of benzene rings is 3. The van der Waals surface area contributed by atoms with E-state index in [-0.39, 0.29) is 12.5 Å². The summed E-state index contributed by atoms with van der Waals surface area (Å²) in [5, 5.41) is 9.35. The number of carbonyl (C=O) groups is 1. The zero-order chi connectivity index (χ0) is 17.9. The maximum atomic E-state index is 12.4. The van der Waals surface area contributed by atoms with Crippen LogP contribution < -0.4 is 5.32 Å². The van der Waals surface area contributed by atoms with Crippen molar-refractivity contribution in [3.63, 3.8) is 0 Å². The third-order valence-electron chi connectivity index (χ3n) is 3.99. The maximum Gasteiger partial charge on any atom is 0.251 e. The molecule has 0 fully saturated rings. The van der Waals surface area contributed by atoms with Gasteiger partial charge in [0.05, 0.1) is 11.6 Å². The molecule has 4 aromatic rings. The van der Waals surface area contributed by atoms with Crippen LogP contribution in [0.3, 0.4) is 0 Å². The molecule has 1 amide bonds. The van der Waals surface area contributed by atoms with Gasteiger partial charge in [-0.3, -0.25) is 4.79 Å². The molecular formula is C20H14ClN3O2. The molecule has 3 aromatic carbocycles. The van der Waals surface area contributed by atoms with Gasteiger partial charge in [-0.25, -0.2) is 0 Å². The van der Waals surface area contributed by atoms with Crippen molar-refractivity contribution in [3.05, 3.63) is 83.2 Å². The predicted octanol–water partition coefficient (Wildman–Crippen LogP) is 4.47. The summed E-state index contributed by atoms with van der Waals surface area (Å²) in [5.41, 5.74) is 1.26. The number of nitrogens with zero attached hydrogens (tertiary/aromatic N) is 2. The Morgan fingerprint density at radius 1 is 1.00 bits per heavy atom. The number of amides is 1. The lowest BCUT2D eigenvalue weighted by Gasteiger charge is -2.04. The molecule has 0 aliphatic heterocycles. The van der Waals surface area contributed by atoms with E-state index in [1.807, 2.05) is 54.6 Å². The van der Waals surface area contributed by atoms with Crippen molar-refractivity contribution >= 4 is 28.3 Å². The van der Waals surface area contributed by atoms with E-state index in [0.29, 0.717) is 27.9 Å². The Morgan fingerprint density at radius 2 is 1.77 bits per heavy atom. The van der Waals surface area contributed by atoms with Crippen LogP contribution >= 0.6 is 11.6 Å². The molecule has 128 valence electrons. The number of hydrogen-bond acceptors (Lipinski definition) is 4. The topological polar surface area (TPSA) is 68.0 Å². The summed E-state index contributed by atoms with van der Waals surface area (Å²) in [6.07, 6.45) is 0. The van der Waals surface area contributed by atoms with Gasteiger partial charge in [0.15, 0.2) is 0 Å². The molecule has 1 heterocycles. The van der Waals surface area contributed by atoms with E-state index in [1.54, 1.807) is 12.1 Å². The Morgan fingerprint density at radius 3 is 2.62 bits per heavy atom. The highest BCUT2D eigenvalue weighted by molar-refractivity contribution is 6.33. The lowest BCUT2D eigenvalue weighted by molar-refractivity contribution is 0.0946. The van der Waals surface area contributed by atoms with E-state index in [2.05, 4.69) is 15.5 Å². The molecule has 0 aliphatic carbocycles. The van der Waals surface area contributed by atoms with Crippen LogP contribution in [0.2, 0.25) is 5.02 Å². The molecule has 5 nitrogen and oxygen atoms in total. The summed E-state index contributed by atoms with van der Waals surface area (Å²) in [5.74, 6) is 0.507. The largest absolute Gasteiger partial charge is 0.343 e. The highest BCUT2D eigenvalue weighted by Gasteiger charge is 2.13. The summed E-state index contributed by atoms with van der Waals surface area (Å²) in [4.78, 5) is 16.7. The fourth-order valence-electron chi connectivity index (χ4n) is 2.67. The van der Waals surface area contributed by atoms with E-state index >= 15 is 0 Å². The summed E-state index contributed by atoms with van der Waals surface area (Å²) in [7, 11) is 0. The van der Waals surface area contributed by atoms with Crippen LogP contribution in [0.1, 0.15) is 16.2 Å². The number of nitrogens with one attached hydrogen (secondary N) is 1. The van der Waals surface area contributed by atoms with Gasteiger partial charge in [-0.2, -0.15) is 4.98 Å². The van der Waals surface area contributed by atoms with Gasteiger partial charge >= 0.3 is 0 Å². The minimum atomic E-state index is -0.201. The number of fused-ring (bicyclic) bond motifs is 1. The molecule has 0 bridgehead atoms. The van der Waals surface area contributed by atoms with Gasteiger partial charge in [-0.15, -0.1) is 0 Å². The van der Waals surface area contributed by atoms with Crippen molar-refractivity contribution < 1.29 is 9.32 Å². The Labute approximate surface area is 154 Å². The molecule has 6 heteroatoms. The SMILES string of the molecule is O=C(NCc1nc(-c2ccccc2Cl)no1)c1ccc2ccccc2c1. The third-order valence-corrected chi connectivity index (χ3v) is 4.32. The highest BCUT2D eigenvalue weighted by Crippen LogP contribution is 2.24. The van der Waals surface area contributed by atoms with E-state index < -0.39 is 0 Å². The third kappa shape index (κ3) is 3.30.